The van der Waals surface area contributed by atoms with Crippen LogP contribution in [0.1, 0.15) is 16.2 Å². The van der Waals surface area contributed by atoms with Gasteiger partial charge in [0.25, 0.3) is 5.91 Å². The van der Waals surface area contributed by atoms with Crippen molar-refractivity contribution < 1.29 is 17.6 Å². The van der Waals surface area contributed by atoms with Gasteiger partial charge in [-0.05, 0) is 48.9 Å². The molecule has 2 aromatic carbocycles. The van der Waals surface area contributed by atoms with Crippen LogP contribution < -0.4 is 10.5 Å². The fourth-order valence-electron chi connectivity index (χ4n) is 3.24. The number of amides is 1. The molecule has 0 atom stereocenters. The fourth-order valence-corrected chi connectivity index (χ4v) is 4.00. The van der Waals surface area contributed by atoms with Crippen molar-refractivity contribution in [3.05, 3.63) is 90.1 Å². The molecule has 0 saturated heterocycles. The van der Waals surface area contributed by atoms with Gasteiger partial charge in [0.15, 0.2) is 5.82 Å². The predicted octanol–water partition coefficient (Wildman–Crippen LogP) is 3.28. The van der Waals surface area contributed by atoms with Crippen molar-refractivity contribution in [2.75, 3.05) is 5.32 Å². The van der Waals surface area contributed by atoms with E-state index >= 15 is 0 Å². The zero-order chi connectivity index (χ0) is 22.9. The molecule has 2 aromatic heterocycles. The number of halogens is 1. The van der Waals surface area contributed by atoms with Crippen LogP contribution >= 0.6 is 0 Å². The van der Waals surface area contributed by atoms with Crippen LogP contribution in [0.15, 0.2) is 77.8 Å². The largest absolute Gasteiger partial charge is 0.318 e. The molecular formula is C22H18FN5O3S. The molecule has 8 nitrogen and oxygen atoms in total. The summed E-state index contributed by atoms with van der Waals surface area (Å²) in [6, 6.07) is 16.8. The lowest BCUT2D eigenvalue weighted by Gasteiger charge is -2.11. The summed E-state index contributed by atoms with van der Waals surface area (Å²) in [5.41, 5.74) is 1.27. The molecule has 0 unspecified atom stereocenters. The molecule has 162 valence electrons. The lowest BCUT2D eigenvalue weighted by atomic mass is 10.0. The molecule has 1 amide bonds. The zero-order valence-corrected chi connectivity index (χ0v) is 17.7. The van der Waals surface area contributed by atoms with Crippen LogP contribution in [0.25, 0.3) is 16.9 Å². The van der Waals surface area contributed by atoms with Crippen LogP contribution in [0.2, 0.25) is 0 Å². The summed E-state index contributed by atoms with van der Waals surface area (Å²) in [5.74, 6) is -0.866. The minimum Gasteiger partial charge on any atom is -0.318 e. The van der Waals surface area contributed by atoms with Gasteiger partial charge in [-0.3, -0.25) is 4.79 Å². The molecule has 0 saturated carbocycles. The summed E-state index contributed by atoms with van der Waals surface area (Å²) in [6.45, 7) is 1.73. The van der Waals surface area contributed by atoms with E-state index in [-0.39, 0.29) is 21.8 Å². The molecule has 0 bridgehead atoms. The quantitative estimate of drug-likeness (QED) is 0.483. The number of carbonyl (C=O) groups is 1. The van der Waals surface area contributed by atoms with E-state index in [1.54, 1.807) is 43.5 Å². The van der Waals surface area contributed by atoms with Gasteiger partial charge in [0.2, 0.25) is 10.0 Å². The van der Waals surface area contributed by atoms with Crippen molar-refractivity contribution in [3.8, 4) is 16.9 Å². The smallest absolute Gasteiger partial charge is 0.274 e. The summed E-state index contributed by atoms with van der Waals surface area (Å²) >= 11 is 0. The van der Waals surface area contributed by atoms with E-state index in [9.17, 15) is 17.6 Å². The molecule has 4 rings (SSSR count). The van der Waals surface area contributed by atoms with Crippen molar-refractivity contribution in [3.63, 3.8) is 0 Å². The van der Waals surface area contributed by atoms with E-state index in [0.717, 1.165) is 6.07 Å². The average molecular weight is 451 g/mol. The zero-order valence-electron chi connectivity index (χ0n) is 16.9. The van der Waals surface area contributed by atoms with Gasteiger partial charge in [-0.1, -0.05) is 30.3 Å². The Kier molecular flexibility index (Phi) is 5.56. The average Bonchev–Trinajstić information content (AvgIpc) is 3.17. The van der Waals surface area contributed by atoms with Crippen LogP contribution in [0.4, 0.5) is 10.1 Å². The second kappa shape index (κ2) is 8.33. The molecule has 32 heavy (non-hydrogen) atoms. The van der Waals surface area contributed by atoms with E-state index < -0.39 is 21.7 Å². The van der Waals surface area contributed by atoms with Gasteiger partial charge in [0, 0.05) is 11.8 Å². The first-order valence-corrected chi connectivity index (χ1v) is 11.0. The van der Waals surface area contributed by atoms with Crippen molar-refractivity contribution >= 4 is 21.6 Å². The summed E-state index contributed by atoms with van der Waals surface area (Å²) < 4.78 is 39.9. The number of nitrogens with zero attached hydrogens (tertiary/aromatic N) is 3. The number of rotatable bonds is 5. The minimum atomic E-state index is -4.00. The van der Waals surface area contributed by atoms with Gasteiger partial charge in [0.1, 0.15) is 11.5 Å². The Bertz CT molecular complexity index is 1420. The van der Waals surface area contributed by atoms with Gasteiger partial charge < -0.3 is 5.32 Å². The topological polar surface area (TPSA) is 120 Å². The van der Waals surface area contributed by atoms with Gasteiger partial charge >= 0.3 is 0 Å². The first-order valence-electron chi connectivity index (χ1n) is 9.45. The molecule has 10 heteroatoms. The number of aryl methyl sites for hydroxylation is 1. The minimum absolute atomic E-state index is 0.0711. The normalized spacial score (nSPS) is 11.3. The Morgan fingerprint density at radius 3 is 2.50 bits per heavy atom. The number of pyridine rings is 1. The van der Waals surface area contributed by atoms with Gasteiger partial charge in [-0.2, -0.15) is 5.10 Å². The highest BCUT2D eigenvalue weighted by Crippen LogP contribution is 2.29. The molecule has 4 aromatic rings. The first-order chi connectivity index (χ1) is 15.2. The molecular weight excluding hydrogens is 433 g/mol. The molecule has 2 heterocycles. The predicted molar refractivity (Wildman–Crippen MR) is 117 cm³/mol. The third kappa shape index (κ3) is 4.27. The number of anilines is 1. The summed E-state index contributed by atoms with van der Waals surface area (Å²) in [7, 11) is -4.00. The van der Waals surface area contributed by atoms with E-state index in [4.69, 9.17) is 5.14 Å². The highest BCUT2D eigenvalue weighted by atomic mass is 32.2. The van der Waals surface area contributed by atoms with Crippen molar-refractivity contribution in [2.45, 2.75) is 11.8 Å². The summed E-state index contributed by atoms with van der Waals surface area (Å²) in [5, 5.41) is 12.1. The molecule has 0 spiro atoms. The van der Waals surface area contributed by atoms with Crippen LogP contribution in [0.3, 0.4) is 0 Å². The monoisotopic (exact) mass is 451 g/mol. The number of nitrogens with two attached hydrogens (primary N) is 1. The Morgan fingerprint density at radius 1 is 1.06 bits per heavy atom. The summed E-state index contributed by atoms with van der Waals surface area (Å²) in [4.78, 5) is 16.9. The van der Waals surface area contributed by atoms with Crippen molar-refractivity contribution in [1.82, 2.24) is 14.8 Å². The van der Waals surface area contributed by atoms with Gasteiger partial charge in [-0.25, -0.2) is 27.6 Å². The number of hydrogen-bond donors (Lipinski definition) is 2. The number of hydrogen-bond acceptors (Lipinski definition) is 5. The fraction of sp³-hybridized carbons (Fsp3) is 0.0455. The Morgan fingerprint density at radius 2 is 1.81 bits per heavy atom. The lowest BCUT2D eigenvalue weighted by molar-refractivity contribution is 0.101. The first kappa shape index (κ1) is 21.3. The third-order valence-electron chi connectivity index (χ3n) is 4.65. The van der Waals surface area contributed by atoms with Crippen LogP contribution in [-0.4, -0.2) is 29.1 Å². The number of sulfonamides is 1. The molecule has 0 aliphatic heterocycles. The number of benzene rings is 2. The second-order valence-electron chi connectivity index (χ2n) is 6.96. The van der Waals surface area contributed by atoms with Crippen molar-refractivity contribution in [1.29, 1.82) is 0 Å². The molecule has 0 radical (unpaired) electrons. The number of primary sulfonamides is 1. The van der Waals surface area contributed by atoms with Crippen molar-refractivity contribution in [2.24, 2.45) is 5.14 Å². The lowest BCUT2D eigenvalue weighted by Crippen LogP contribution is -2.18. The highest BCUT2D eigenvalue weighted by Gasteiger charge is 2.19. The Balaban J connectivity index is 1.65. The maximum atomic E-state index is 14.8. The Hall–Kier alpha value is -3.89. The molecule has 0 aliphatic carbocycles. The standard InChI is InChI=1S/C22H18FN5O3S/c1-14-12-19(28(27-14)21-8-4-5-11-25-21)22(29)26-18-10-9-15(13-17(18)23)16-6-2-3-7-20(16)32(24,30)31/h2-13H,1H3,(H,26,29)(H2,24,30,31). The van der Waals surface area contributed by atoms with E-state index in [1.165, 1.54) is 35.0 Å². The number of nitrogens with one attached hydrogen (secondary N) is 1. The number of carbonyl (C=O) groups excluding carboxylic acids is 1. The second-order valence-corrected chi connectivity index (χ2v) is 8.49. The third-order valence-corrected chi connectivity index (χ3v) is 5.62. The van der Waals surface area contributed by atoms with Crippen LogP contribution in [-0.2, 0) is 10.0 Å². The Labute approximate surface area is 183 Å². The van der Waals surface area contributed by atoms with Crippen LogP contribution in [0.5, 0.6) is 0 Å². The number of aromatic nitrogens is 3. The summed E-state index contributed by atoms with van der Waals surface area (Å²) in [6.07, 6.45) is 1.58. The maximum Gasteiger partial charge on any atom is 0.274 e. The molecule has 0 aliphatic rings. The van der Waals surface area contributed by atoms with E-state index in [1.807, 2.05) is 0 Å². The van der Waals surface area contributed by atoms with E-state index in [0.29, 0.717) is 17.1 Å². The maximum absolute atomic E-state index is 14.8. The SMILES string of the molecule is Cc1cc(C(=O)Nc2ccc(-c3ccccc3S(N)(=O)=O)cc2F)n(-c2ccccn2)n1. The highest BCUT2D eigenvalue weighted by molar-refractivity contribution is 7.89. The molecule has 3 N–H and O–H groups in total. The van der Waals surface area contributed by atoms with Crippen LogP contribution in [0, 0.1) is 12.7 Å². The molecule has 0 fully saturated rings. The van der Waals surface area contributed by atoms with E-state index in [2.05, 4.69) is 15.4 Å². The van der Waals surface area contributed by atoms with Gasteiger partial charge in [0.05, 0.1) is 16.3 Å². The van der Waals surface area contributed by atoms with Gasteiger partial charge in [-0.15, -0.1) is 0 Å².